The van der Waals surface area contributed by atoms with Gasteiger partial charge in [0, 0.05) is 39.3 Å². The third-order valence-electron chi connectivity index (χ3n) is 8.26. The van der Waals surface area contributed by atoms with Crippen molar-refractivity contribution in [1.29, 1.82) is 0 Å². The number of likely N-dealkylation sites (N-methyl/N-ethyl adjacent to an activating group) is 1. The van der Waals surface area contributed by atoms with Crippen LogP contribution in [0, 0.1) is 11.8 Å². The van der Waals surface area contributed by atoms with Crippen LogP contribution in [0.2, 0.25) is 0 Å². The zero-order valence-corrected chi connectivity index (χ0v) is 28.9. The molecular weight excluding hydrogens is 628 g/mol. The van der Waals surface area contributed by atoms with E-state index in [2.05, 4.69) is 11.9 Å². The number of amides is 1. The lowest BCUT2D eigenvalue weighted by Gasteiger charge is -2.47. The third-order valence-corrected chi connectivity index (χ3v) is 8.26. The van der Waals surface area contributed by atoms with Crippen LogP contribution in [0.25, 0.3) is 0 Å². The van der Waals surface area contributed by atoms with E-state index in [0.717, 1.165) is 0 Å². The first-order chi connectivity index (χ1) is 22.7. The number of carbonyl (C=O) groups is 5. The molecule has 0 aromatic carbocycles. The normalized spacial score (nSPS) is 35.1. The summed E-state index contributed by atoms with van der Waals surface area (Å²) in [7, 11) is 4.72. The molecule has 2 heterocycles. The number of alkyl carbamates (subject to hydrolysis) is 1. The molecule has 2 rings (SSSR count). The van der Waals surface area contributed by atoms with Crippen molar-refractivity contribution in [1.82, 2.24) is 10.2 Å². The van der Waals surface area contributed by atoms with Crippen molar-refractivity contribution < 1.29 is 57.5 Å². The molecule has 0 saturated carbocycles. The van der Waals surface area contributed by atoms with Crippen LogP contribution in [0.1, 0.15) is 53.4 Å². The smallest absolute Gasteiger partial charge is 0.407 e. The molecule has 1 saturated heterocycles. The van der Waals surface area contributed by atoms with Gasteiger partial charge in [-0.25, -0.2) is 4.79 Å². The number of allylic oxidation sites excluding steroid dienone is 3. The van der Waals surface area contributed by atoms with Gasteiger partial charge in [0.25, 0.3) is 0 Å². The molecule has 48 heavy (non-hydrogen) atoms. The predicted molar refractivity (Wildman–Crippen MR) is 174 cm³/mol. The van der Waals surface area contributed by atoms with Crippen molar-refractivity contribution in [3.05, 3.63) is 37.0 Å². The summed E-state index contributed by atoms with van der Waals surface area (Å²) in [5.41, 5.74) is 0. The number of cyclic esters (lactones) is 1. The van der Waals surface area contributed by atoms with Crippen LogP contribution in [-0.4, -0.2) is 123 Å². The number of nitrogens with one attached hydrogen (secondary N) is 1. The van der Waals surface area contributed by atoms with Crippen LogP contribution >= 0.6 is 0 Å². The van der Waals surface area contributed by atoms with E-state index < -0.39 is 91.3 Å². The Morgan fingerprint density at radius 1 is 1.12 bits per heavy atom. The summed E-state index contributed by atoms with van der Waals surface area (Å²) in [5.74, 6) is -2.88. The first-order valence-corrected chi connectivity index (χ1v) is 16.1. The summed E-state index contributed by atoms with van der Waals surface area (Å²) in [6.45, 7) is 9.99. The van der Waals surface area contributed by atoms with Crippen LogP contribution in [0.4, 0.5) is 4.79 Å². The van der Waals surface area contributed by atoms with Crippen LogP contribution < -0.4 is 5.32 Å². The Balaban J connectivity index is 2.60. The highest BCUT2D eigenvalue weighted by atomic mass is 16.7. The topological polar surface area (TPSA) is 176 Å². The zero-order chi connectivity index (χ0) is 36.0. The lowest BCUT2D eigenvalue weighted by atomic mass is 9.83. The summed E-state index contributed by atoms with van der Waals surface area (Å²) in [4.78, 5) is 64.6. The monoisotopic (exact) mass is 680 g/mol. The number of carbonyl (C=O) groups excluding carboxylic acids is 5. The molecule has 0 aliphatic carbocycles. The van der Waals surface area contributed by atoms with Crippen molar-refractivity contribution >= 4 is 30.1 Å². The van der Waals surface area contributed by atoms with Crippen molar-refractivity contribution in [2.75, 3.05) is 27.7 Å². The maximum Gasteiger partial charge on any atom is 0.407 e. The Hall–Kier alpha value is -3.43. The number of hydrogen-bond donors (Lipinski definition) is 2. The molecule has 270 valence electrons. The maximum absolute atomic E-state index is 13.1. The van der Waals surface area contributed by atoms with E-state index in [4.69, 9.17) is 28.4 Å². The molecule has 11 atom stereocenters. The van der Waals surface area contributed by atoms with Gasteiger partial charge in [0.1, 0.15) is 36.8 Å². The van der Waals surface area contributed by atoms with E-state index >= 15 is 0 Å². The Kier molecular flexibility index (Phi) is 17.1. The van der Waals surface area contributed by atoms with Crippen molar-refractivity contribution in [2.45, 2.75) is 108 Å². The number of nitrogens with zero attached hydrogens (tertiary/aromatic N) is 1. The molecule has 0 aromatic heterocycles. The minimum atomic E-state index is -1.41. The molecule has 2 aliphatic rings. The summed E-state index contributed by atoms with van der Waals surface area (Å²) >= 11 is 0. The third kappa shape index (κ3) is 12.2. The minimum absolute atomic E-state index is 0.106. The van der Waals surface area contributed by atoms with Crippen LogP contribution in [0.3, 0.4) is 0 Å². The van der Waals surface area contributed by atoms with E-state index in [1.54, 1.807) is 58.0 Å². The van der Waals surface area contributed by atoms with Gasteiger partial charge < -0.3 is 48.5 Å². The number of hydrogen-bond acceptors (Lipinski definition) is 13. The fraction of sp³-hybridized carbons (Fsp3) is 0.676. The molecule has 2 N–H and O–H groups in total. The van der Waals surface area contributed by atoms with Gasteiger partial charge in [-0.15, -0.1) is 6.58 Å². The quantitative estimate of drug-likeness (QED) is 0.149. The van der Waals surface area contributed by atoms with Crippen molar-refractivity contribution in [3.8, 4) is 0 Å². The van der Waals surface area contributed by atoms with Gasteiger partial charge in [-0.2, -0.15) is 0 Å². The molecule has 0 bridgehead atoms. The number of aliphatic hydroxyl groups excluding tert-OH is 1. The standard InChI is InChI=1S/C34H52N2O12/c1-9-16-35-34(42)48-30-22(4)45-33(29(41)28(30)36(6)7)47-31-24(15-17-37)18-20(2)25(39)14-12-10-11-13-21(3)44-27(40)19-26(32(31)43-8)46-23(5)38/h9-12,14,17,20-22,24,26,28-33,41H,1,13,15-16,18-19H2,2-8H3,(H,35,42)/b11-10+,14-12+/t20-,21-,22-,24+,26-,28-,29-,30-,31+,32?,33+/m1/s1. The second-order valence-corrected chi connectivity index (χ2v) is 12.4. The average molecular weight is 681 g/mol. The van der Waals surface area contributed by atoms with Gasteiger partial charge in [0.15, 0.2) is 12.1 Å². The van der Waals surface area contributed by atoms with Crippen LogP contribution in [-0.2, 0) is 47.6 Å². The van der Waals surface area contributed by atoms with E-state index in [0.29, 0.717) is 12.7 Å². The second-order valence-electron chi connectivity index (χ2n) is 12.4. The van der Waals surface area contributed by atoms with Crippen molar-refractivity contribution in [2.24, 2.45) is 11.8 Å². The lowest BCUT2D eigenvalue weighted by Crippen LogP contribution is -2.65. The van der Waals surface area contributed by atoms with E-state index in [9.17, 15) is 29.1 Å². The van der Waals surface area contributed by atoms with Crippen LogP contribution in [0.5, 0.6) is 0 Å². The Bertz CT molecular complexity index is 1160. The van der Waals surface area contributed by atoms with E-state index in [-0.39, 0.29) is 25.2 Å². The molecule has 14 nitrogen and oxygen atoms in total. The lowest BCUT2D eigenvalue weighted by molar-refractivity contribution is -0.309. The van der Waals surface area contributed by atoms with Gasteiger partial charge in [-0.3, -0.25) is 14.4 Å². The van der Waals surface area contributed by atoms with Gasteiger partial charge in [0.05, 0.1) is 24.7 Å². The molecule has 14 heteroatoms. The first-order valence-electron chi connectivity index (χ1n) is 16.1. The average Bonchev–Trinajstić information content (AvgIpc) is 3.00. The number of aldehydes is 1. The minimum Gasteiger partial charge on any atom is -0.462 e. The predicted octanol–water partition coefficient (Wildman–Crippen LogP) is 2.27. The molecule has 1 fully saturated rings. The highest BCUT2D eigenvalue weighted by Crippen LogP contribution is 2.34. The number of rotatable bonds is 10. The number of esters is 2. The van der Waals surface area contributed by atoms with Gasteiger partial charge in [0.2, 0.25) is 0 Å². The van der Waals surface area contributed by atoms with E-state index in [1.807, 2.05) is 0 Å². The molecule has 1 unspecified atom stereocenters. The molecule has 0 spiro atoms. The van der Waals surface area contributed by atoms with Gasteiger partial charge in [-0.05, 0) is 46.4 Å². The molecule has 0 aromatic rings. The Labute approximate surface area is 282 Å². The van der Waals surface area contributed by atoms with Gasteiger partial charge in [-0.1, -0.05) is 31.2 Å². The Morgan fingerprint density at radius 3 is 2.44 bits per heavy atom. The fourth-order valence-corrected chi connectivity index (χ4v) is 5.95. The fourth-order valence-electron chi connectivity index (χ4n) is 5.95. The highest BCUT2D eigenvalue weighted by molar-refractivity contribution is 5.91. The summed E-state index contributed by atoms with van der Waals surface area (Å²) in [6.07, 6.45) is -0.709. The van der Waals surface area contributed by atoms with Crippen LogP contribution in [0.15, 0.2) is 37.0 Å². The first kappa shape index (κ1) is 40.7. The maximum atomic E-state index is 13.1. The molecular formula is C34H52N2O12. The second kappa shape index (κ2) is 20.2. The number of ketones is 1. The van der Waals surface area contributed by atoms with E-state index in [1.165, 1.54) is 26.2 Å². The number of aliphatic hydroxyl groups is 1. The number of ether oxygens (including phenoxy) is 6. The highest BCUT2D eigenvalue weighted by Gasteiger charge is 2.50. The zero-order valence-electron chi connectivity index (χ0n) is 28.9. The van der Waals surface area contributed by atoms with Crippen molar-refractivity contribution in [3.63, 3.8) is 0 Å². The Morgan fingerprint density at radius 2 is 1.83 bits per heavy atom. The summed E-state index contributed by atoms with van der Waals surface area (Å²) in [6, 6.07) is -0.815. The largest absolute Gasteiger partial charge is 0.462 e. The molecule has 0 radical (unpaired) electrons. The SMILES string of the molecule is C=CCNC(=O)O[C@H]1[C@H](N(C)C)[C@@H](O)[C@H](O[C@@H]2C(OC)[C@H](OC(C)=O)CC(=O)O[C@H](C)C/C=C/C=C/C(=O)[C@H](C)C[C@@H]2CC=O)O[C@@H]1C. The van der Waals surface area contributed by atoms with Gasteiger partial charge >= 0.3 is 18.0 Å². The summed E-state index contributed by atoms with van der Waals surface area (Å²) in [5, 5.41) is 14.2. The number of methoxy groups -OCH3 is 1. The summed E-state index contributed by atoms with van der Waals surface area (Å²) < 4.78 is 35.2. The molecule has 2 aliphatic heterocycles. The molecule has 1 amide bonds.